The van der Waals surface area contributed by atoms with E-state index in [1.165, 1.54) is 18.2 Å². The third-order valence-corrected chi connectivity index (χ3v) is 3.44. The second-order valence-electron chi connectivity index (χ2n) is 4.37. The number of carbonyl (C=O) groups excluding carboxylic acids is 1. The van der Waals surface area contributed by atoms with E-state index in [1.54, 1.807) is 6.07 Å². The Kier molecular flexibility index (Phi) is 3.43. The van der Waals surface area contributed by atoms with Gasteiger partial charge in [0, 0.05) is 16.0 Å². The van der Waals surface area contributed by atoms with Crippen molar-refractivity contribution in [1.82, 2.24) is 0 Å². The first-order chi connectivity index (χ1) is 9.95. The van der Waals surface area contributed by atoms with Crippen molar-refractivity contribution in [1.29, 1.82) is 0 Å². The van der Waals surface area contributed by atoms with Crippen LogP contribution in [0.1, 0.15) is 16.1 Å². The van der Waals surface area contributed by atoms with Crippen LogP contribution in [0.4, 0.5) is 8.78 Å². The minimum atomic E-state index is -1.10. The molecule has 2 aromatic carbocycles. The lowest BCUT2D eigenvalue weighted by atomic mass is 10.1. The monoisotopic (exact) mass is 326 g/mol. The molecule has 0 aliphatic heterocycles. The standard InChI is InChI=1S/C15H6Cl2F2O2/c16-9-3-8-5-13(21-15(8)10(17)6-9)14(20)7-1-2-11(18)12(19)4-7/h1-6H. The summed E-state index contributed by atoms with van der Waals surface area (Å²) in [7, 11) is 0. The number of hydrogen-bond donors (Lipinski definition) is 0. The zero-order chi connectivity index (χ0) is 15.1. The molecule has 0 unspecified atom stereocenters. The summed E-state index contributed by atoms with van der Waals surface area (Å²) < 4.78 is 31.5. The molecule has 0 saturated carbocycles. The van der Waals surface area contributed by atoms with Crippen LogP contribution >= 0.6 is 23.2 Å². The zero-order valence-corrected chi connectivity index (χ0v) is 11.8. The Morgan fingerprint density at radius 2 is 1.76 bits per heavy atom. The first-order valence-electron chi connectivity index (χ1n) is 5.84. The lowest BCUT2D eigenvalue weighted by molar-refractivity contribution is 0.101. The summed E-state index contributed by atoms with van der Waals surface area (Å²) in [6.07, 6.45) is 0. The minimum Gasteiger partial charge on any atom is -0.451 e. The van der Waals surface area contributed by atoms with Crippen molar-refractivity contribution in [3.05, 3.63) is 69.4 Å². The van der Waals surface area contributed by atoms with Gasteiger partial charge in [-0.25, -0.2) is 8.78 Å². The van der Waals surface area contributed by atoms with Crippen LogP contribution < -0.4 is 0 Å². The molecule has 3 rings (SSSR count). The molecule has 0 bridgehead atoms. The van der Waals surface area contributed by atoms with Crippen LogP contribution in [0.3, 0.4) is 0 Å². The Balaban J connectivity index is 2.09. The summed E-state index contributed by atoms with van der Waals surface area (Å²) in [5.41, 5.74) is 0.294. The average Bonchev–Trinajstić information content (AvgIpc) is 2.85. The lowest BCUT2D eigenvalue weighted by Gasteiger charge is -1.98. The van der Waals surface area contributed by atoms with E-state index in [1.807, 2.05) is 0 Å². The Labute approximate surface area is 127 Å². The minimum absolute atomic E-state index is 0.0184. The van der Waals surface area contributed by atoms with Crippen LogP contribution in [-0.2, 0) is 0 Å². The van der Waals surface area contributed by atoms with Crippen LogP contribution in [0.15, 0.2) is 40.8 Å². The Morgan fingerprint density at radius 1 is 1.00 bits per heavy atom. The summed E-state index contributed by atoms with van der Waals surface area (Å²) in [4.78, 5) is 12.2. The highest BCUT2D eigenvalue weighted by molar-refractivity contribution is 6.38. The molecule has 2 nitrogen and oxygen atoms in total. The van der Waals surface area contributed by atoms with E-state index < -0.39 is 17.4 Å². The van der Waals surface area contributed by atoms with E-state index in [0.717, 1.165) is 12.1 Å². The van der Waals surface area contributed by atoms with E-state index >= 15 is 0 Å². The van der Waals surface area contributed by atoms with Crippen molar-refractivity contribution in [3.63, 3.8) is 0 Å². The van der Waals surface area contributed by atoms with E-state index in [4.69, 9.17) is 27.6 Å². The maximum atomic E-state index is 13.2. The maximum Gasteiger partial charge on any atom is 0.228 e. The van der Waals surface area contributed by atoms with Gasteiger partial charge in [0.2, 0.25) is 5.78 Å². The molecule has 6 heteroatoms. The smallest absolute Gasteiger partial charge is 0.228 e. The lowest BCUT2D eigenvalue weighted by Crippen LogP contribution is -2.00. The molecular formula is C15H6Cl2F2O2. The number of carbonyl (C=O) groups is 1. The Bertz CT molecular complexity index is 871. The molecule has 0 amide bonds. The largest absolute Gasteiger partial charge is 0.451 e. The van der Waals surface area contributed by atoms with Gasteiger partial charge in [-0.1, -0.05) is 23.2 Å². The summed E-state index contributed by atoms with van der Waals surface area (Å²) in [5.74, 6) is -2.72. The third kappa shape index (κ3) is 2.52. The average molecular weight is 327 g/mol. The molecular weight excluding hydrogens is 321 g/mol. The van der Waals surface area contributed by atoms with E-state index in [-0.39, 0.29) is 16.3 Å². The molecule has 0 spiro atoms. The molecule has 1 heterocycles. The summed E-state index contributed by atoms with van der Waals surface area (Å²) in [6, 6.07) is 7.42. The number of ketones is 1. The van der Waals surface area contributed by atoms with Crippen molar-refractivity contribution in [3.8, 4) is 0 Å². The van der Waals surface area contributed by atoms with Gasteiger partial charge in [0.05, 0.1) is 5.02 Å². The topological polar surface area (TPSA) is 30.2 Å². The number of furan rings is 1. The fraction of sp³-hybridized carbons (Fsp3) is 0. The van der Waals surface area contributed by atoms with Crippen molar-refractivity contribution in [2.45, 2.75) is 0 Å². The van der Waals surface area contributed by atoms with Gasteiger partial charge in [-0.15, -0.1) is 0 Å². The zero-order valence-electron chi connectivity index (χ0n) is 10.3. The highest BCUT2D eigenvalue weighted by Gasteiger charge is 2.18. The Morgan fingerprint density at radius 3 is 2.48 bits per heavy atom. The van der Waals surface area contributed by atoms with Gasteiger partial charge < -0.3 is 4.42 Å². The van der Waals surface area contributed by atoms with Gasteiger partial charge in [-0.05, 0) is 36.4 Å². The number of hydrogen-bond acceptors (Lipinski definition) is 2. The van der Waals surface area contributed by atoms with Gasteiger partial charge in [0.1, 0.15) is 0 Å². The second kappa shape index (κ2) is 5.13. The number of benzene rings is 2. The number of halogens is 4. The first kappa shape index (κ1) is 14.0. The quantitative estimate of drug-likeness (QED) is 0.602. The van der Waals surface area contributed by atoms with Crippen molar-refractivity contribution >= 4 is 40.0 Å². The molecule has 0 atom stereocenters. The SMILES string of the molecule is O=C(c1ccc(F)c(F)c1)c1cc2cc(Cl)cc(Cl)c2o1. The van der Waals surface area contributed by atoms with Gasteiger partial charge in [0.25, 0.3) is 0 Å². The van der Waals surface area contributed by atoms with Gasteiger partial charge in [0.15, 0.2) is 23.0 Å². The number of fused-ring (bicyclic) bond motifs is 1. The van der Waals surface area contributed by atoms with E-state index in [2.05, 4.69) is 0 Å². The first-order valence-corrected chi connectivity index (χ1v) is 6.59. The van der Waals surface area contributed by atoms with Crippen molar-refractivity contribution in [2.24, 2.45) is 0 Å². The molecule has 21 heavy (non-hydrogen) atoms. The number of rotatable bonds is 2. The summed E-state index contributed by atoms with van der Waals surface area (Å²) in [6.45, 7) is 0. The predicted molar refractivity (Wildman–Crippen MR) is 76.0 cm³/mol. The normalized spacial score (nSPS) is 11.0. The molecule has 3 aromatic rings. The van der Waals surface area contributed by atoms with Gasteiger partial charge >= 0.3 is 0 Å². The molecule has 0 saturated heterocycles. The fourth-order valence-corrected chi connectivity index (χ4v) is 2.52. The fourth-order valence-electron chi connectivity index (χ4n) is 1.97. The van der Waals surface area contributed by atoms with Crippen LogP contribution in [0.5, 0.6) is 0 Å². The van der Waals surface area contributed by atoms with Crippen LogP contribution in [0.25, 0.3) is 11.0 Å². The molecule has 106 valence electrons. The van der Waals surface area contributed by atoms with Crippen LogP contribution in [-0.4, -0.2) is 5.78 Å². The van der Waals surface area contributed by atoms with Gasteiger partial charge in [-0.3, -0.25) is 4.79 Å². The Hall–Kier alpha value is -1.91. The van der Waals surface area contributed by atoms with E-state index in [0.29, 0.717) is 16.0 Å². The summed E-state index contributed by atoms with van der Waals surface area (Å²) in [5, 5.41) is 1.22. The molecule has 0 aliphatic rings. The molecule has 0 fully saturated rings. The van der Waals surface area contributed by atoms with Gasteiger partial charge in [-0.2, -0.15) is 0 Å². The van der Waals surface area contributed by atoms with Crippen molar-refractivity contribution < 1.29 is 18.0 Å². The molecule has 0 radical (unpaired) electrons. The molecule has 1 aromatic heterocycles. The summed E-state index contributed by atoms with van der Waals surface area (Å²) >= 11 is 11.8. The maximum absolute atomic E-state index is 13.2. The second-order valence-corrected chi connectivity index (χ2v) is 5.22. The van der Waals surface area contributed by atoms with Crippen molar-refractivity contribution in [2.75, 3.05) is 0 Å². The van der Waals surface area contributed by atoms with Crippen LogP contribution in [0, 0.1) is 11.6 Å². The highest BCUT2D eigenvalue weighted by Crippen LogP contribution is 2.31. The molecule has 0 aliphatic carbocycles. The van der Waals surface area contributed by atoms with Crippen LogP contribution in [0.2, 0.25) is 10.0 Å². The predicted octanol–water partition coefficient (Wildman–Crippen LogP) is 5.25. The van der Waals surface area contributed by atoms with E-state index in [9.17, 15) is 13.6 Å². The molecule has 0 N–H and O–H groups in total. The highest BCUT2D eigenvalue weighted by atomic mass is 35.5. The third-order valence-electron chi connectivity index (χ3n) is 2.94.